The van der Waals surface area contributed by atoms with Gasteiger partial charge in [-0.15, -0.1) is 11.8 Å². The number of ketones is 1. The lowest BCUT2D eigenvalue weighted by molar-refractivity contribution is -0.144. The summed E-state index contributed by atoms with van der Waals surface area (Å²) in [5, 5.41) is 1.25. The maximum absolute atomic E-state index is 12.0. The van der Waals surface area contributed by atoms with Crippen molar-refractivity contribution >= 4 is 46.0 Å². The van der Waals surface area contributed by atoms with Crippen molar-refractivity contribution in [2.75, 3.05) is 6.26 Å². The lowest BCUT2D eigenvalue weighted by Crippen LogP contribution is -2.08. The highest BCUT2D eigenvalue weighted by molar-refractivity contribution is 7.98. The van der Waals surface area contributed by atoms with Gasteiger partial charge in [-0.2, -0.15) is 0 Å². The largest absolute Gasteiger partial charge is 0.461 e. The molecule has 0 saturated carbocycles. The number of hydrogen-bond acceptors (Lipinski definition) is 5. The Kier molecular flexibility index (Phi) is 6.48. The molecular formula is C21H18ClNO3S. The number of halogens is 1. The second kappa shape index (κ2) is 9.02. The third-order valence-corrected chi connectivity index (χ3v) is 5.14. The van der Waals surface area contributed by atoms with Gasteiger partial charge in [0, 0.05) is 27.8 Å². The van der Waals surface area contributed by atoms with Crippen molar-refractivity contribution < 1.29 is 14.3 Å². The van der Waals surface area contributed by atoms with Crippen LogP contribution in [0.25, 0.3) is 10.9 Å². The molecule has 27 heavy (non-hydrogen) atoms. The van der Waals surface area contributed by atoms with E-state index >= 15 is 0 Å². The molecule has 0 unspecified atom stereocenters. The summed E-state index contributed by atoms with van der Waals surface area (Å²) < 4.78 is 5.27. The molecule has 1 aromatic heterocycles. The van der Waals surface area contributed by atoms with Crippen LogP contribution in [0.1, 0.15) is 28.8 Å². The van der Waals surface area contributed by atoms with Crippen molar-refractivity contribution in [2.45, 2.75) is 24.3 Å². The zero-order valence-corrected chi connectivity index (χ0v) is 16.3. The molecule has 3 rings (SSSR count). The summed E-state index contributed by atoms with van der Waals surface area (Å²) in [6.45, 7) is 0.0322. The molecule has 0 aliphatic rings. The predicted octanol–water partition coefficient (Wildman–Crippen LogP) is 5.32. The Morgan fingerprint density at radius 2 is 1.85 bits per heavy atom. The summed E-state index contributed by atoms with van der Waals surface area (Å²) >= 11 is 7.86. The monoisotopic (exact) mass is 399 g/mol. The number of rotatable bonds is 7. The van der Waals surface area contributed by atoms with Crippen LogP contribution in [0.3, 0.4) is 0 Å². The molecule has 3 aromatic rings. The quantitative estimate of drug-likeness (QED) is 0.233. The molecule has 0 fully saturated rings. The molecule has 0 saturated heterocycles. The highest BCUT2D eigenvalue weighted by Gasteiger charge is 2.12. The van der Waals surface area contributed by atoms with E-state index in [1.54, 1.807) is 36.0 Å². The topological polar surface area (TPSA) is 56.3 Å². The molecule has 0 atom stereocenters. The van der Waals surface area contributed by atoms with Gasteiger partial charge in [-0.25, -0.2) is 4.98 Å². The summed E-state index contributed by atoms with van der Waals surface area (Å²) in [4.78, 5) is 29.5. The van der Waals surface area contributed by atoms with Crippen LogP contribution in [-0.4, -0.2) is 23.0 Å². The number of Topliss-reactive ketones (excluding diaryl/α,β-unsaturated/α-hetero) is 1. The van der Waals surface area contributed by atoms with E-state index in [9.17, 15) is 9.59 Å². The van der Waals surface area contributed by atoms with Crippen molar-refractivity contribution in [1.82, 2.24) is 4.98 Å². The number of aromatic nitrogens is 1. The Morgan fingerprint density at radius 1 is 1.07 bits per heavy atom. The van der Waals surface area contributed by atoms with Gasteiger partial charge < -0.3 is 4.74 Å². The highest BCUT2D eigenvalue weighted by atomic mass is 35.5. The Bertz CT molecular complexity index is 976. The maximum atomic E-state index is 12.0. The summed E-state index contributed by atoms with van der Waals surface area (Å²) in [6.07, 6.45) is 2.15. The second-order valence-electron chi connectivity index (χ2n) is 5.95. The van der Waals surface area contributed by atoms with Gasteiger partial charge in [-0.05, 0) is 24.5 Å². The van der Waals surface area contributed by atoms with Crippen LogP contribution in [0.15, 0.2) is 59.5 Å². The third-order valence-electron chi connectivity index (χ3n) is 4.09. The molecule has 0 radical (unpaired) electrons. The number of esters is 1. The summed E-state index contributed by atoms with van der Waals surface area (Å²) in [6, 6.07) is 16.7. The lowest BCUT2D eigenvalue weighted by Gasteiger charge is -2.08. The third kappa shape index (κ3) is 5.08. The minimum atomic E-state index is -0.437. The van der Waals surface area contributed by atoms with E-state index in [-0.39, 0.29) is 25.2 Å². The van der Waals surface area contributed by atoms with Crippen molar-refractivity contribution in [2.24, 2.45) is 0 Å². The second-order valence-corrected chi connectivity index (χ2v) is 7.18. The van der Waals surface area contributed by atoms with E-state index < -0.39 is 5.97 Å². The van der Waals surface area contributed by atoms with Crippen LogP contribution < -0.4 is 0 Å². The number of thioether (sulfide) groups is 1. The van der Waals surface area contributed by atoms with Crippen LogP contribution in [0.2, 0.25) is 5.15 Å². The Morgan fingerprint density at radius 3 is 2.59 bits per heavy atom. The van der Waals surface area contributed by atoms with Gasteiger partial charge in [0.05, 0.1) is 11.9 Å². The number of nitrogens with zero attached hydrogens (tertiary/aromatic N) is 1. The minimum absolute atomic E-state index is 0.0312. The van der Waals surface area contributed by atoms with E-state index in [4.69, 9.17) is 16.3 Å². The minimum Gasteiger partial charge on any atom is -0.461 e. The zero-order chi connectivity index (χ0) is 19.2. The first-order valence-corrected chi connectivity index (χ1v) is 10.0. The number of benzene rings is 2. The molecule has 6 heteroatoms. The summed E-state index contributed by atoms with van der Waals surface area (Å²) in [7, 11) is 0. The van der Waals surface area contributed by atoms with Gasteiger partial charge in [0.25, 0.3) is 0 Å². The first-order chi connectivity index (χ1) is 13.1. The maximum Gasteiger partial charge on any atom is 0.306 e. The highest BCUT2D eigenvalue weighted by Crippen LogP contribution is 2.25. The van der Waals surface area contributed by atoms with Crippen molar-refractivity contribution in [3.63, 3.8) is 0 Å². The number of ether oxygens (including phenoxy) is 1. The first-order valence-electron chi connectivity index (χ1n) is 8.44. The fourth-order valence-corrected chi connectivity index (χ4v) is 3.24. The molecule has 0 aliphatic carbocycles. The van der Waals surface area contributed by atoms with Crippen LogP contribution in [-0.2, 0) is 16.1 Å². The summed E-state index contributed by atoms with van der Waals surface area (Å²) in [5.41, 5.74) is 2.04. The summed E-state index contributed by atoms with van der Waals surface area (Å²) in [5.74, 6) is -0.518. The standard InChI is InChI=1S/C21H18ClNO3S/c1-27-17-8-7-15-11-16(21(22)23-18(15)12-17)13-26-20(25)10-9-19(24)14-5-3-2-4-6-14/h2-8,11-12H,9-10,13H2,1H3. The molecule has 0 amide bonds. The normalized spacial score (nSPS) is 10.7. The average Bonchev–Trinajstić information content (AvgIpc) is 2.70. The van der Waals surface area contributed by atoms with Gasteiger partial charge in [0.1, 0.15) is 11.8 Å². The van der Waals surface area contributed by atoms with E-state index in [1.807, 2.05) is 36.6 Å². The molecule has 0 bridgehead atoms. The molecule has 138 valence electrons. The Balaban J connectivity index is 1.58. The number of fused-ring (bicyclic) bond motifs is 1. The average molecular weight is 400 g/mol. The van der Waals surface area contributed by atoms with E-state index in [0.717, 1.165) is 15.8 Å². The van der Waals surface area contributed by atoms with Gasteiger partial charge in [0.2, 0.25) is 0 Å². The van der Waals surface area contributed by atoms with Crippen LogP contribution >= 0.6 is 23.4 Å². The first kappa shape index (κ1) is 19.4. The fraction of sp³-hybridized carbons (Fsp3) is 0.190. The van der Waals surface area contributed by atoms with Crippen molar-refractivity contribution in [1.29, 1.82) is 0 Å². The van der Waals surface area contributed by atoms with Gasteiger partial charge in [-0.3, -0.25) is 9.59 Å². The molecular weight excluding hydrogens is 382 g/mol. The molecule has 0 aliphatic heterocycles. The number of carbonyl (C=O) groups is 2. The molecule has 0 spiro atoms. The van der Waals surface area contributed by atoms with Crippen LogP contribution in [0.5, 0.6) is 0 Å². The fourth-order valence-electron chi connectivity index (χ4n) is 2.61. The van der Waals surface area contributed by atoms with Crippen molar-refractivity contribution in [3.05, 3.63) is 70.9 Å². The number of hydrogen-bond donors (Lipinski definition) is 0. The zero-order valence-electron chi connectivity index (χ0n) is 14.8. The van der Waals surface area contributed by atoms with Crippen LogP contribution in [0.4, 0.5) is 0 Å². The predicted molar refractivity (Wildman–Crippen MR) is 108 cm³/mol. The van der Waals surface area contributed by atoms with Gasteiger partial charge in [-0.1, -0.05) is 48.0 Å². The van der Waals surface area contributed by atoms with Crippen LogP contribution in [0, 0.1) is 0 Å². The molecule has 0 N–H and O–H groups in total. The van der Waals surface area contributed by atoms with Gasteiger partial charge in [0.15, 0.2) is 5.78 Å². The Labute approximate surface area is 166 Å². The molecule has 4 nitrogen and oxygen atoms in total. The number of carbonyl (C=O) groups excluding carboxylic acids is 2. The lowest BCUT2D eigenvalue weighted by atomic mass is 10.1. The molecule has 1 heterocycles. The molecule has 2 aromatic carbocycles. The smallest absolute Gasteiger partial charge is 0.306 e. The van der Waals surface area contributed by atoms with Crippen molar-refractivity contribution in [3.8, 4) is 0 Å². The Hall–Kier alpha value is -2.37. The van der Waals surface area contributed by atoms with E-state index in [0.29, 0.717) is 16.3 Å². The van der Waals surface area contributed by atoms with Gasteiger partial charge >= 0.3 is 5.97 Å². The van der Waals surface area contributed by atoms with E-state index in [1.165, 1.54) is 0 Å². The number of pyridine rings is 1. The SMILES string of the molecule is CSc1ccc2cc(COC(=O)CCC(=O)c3ccccc3)c(Cl)nc2c1. The van der Waals surface area contributed by atoms with E-state index in [2.05, 4.69) is 4.98 Å².